The second-order valence-electron chi connectivity index (χ2n) is 9.34. The lowest BCUT2D eigenvalue weighted by molar-refractivity contribution is -0.140. The highest BCUT2D eigenvalue weighted by molar-refractivity contribution is 7.07. The van der Waals surface area contributed by atoms with Crippen LogP contribution in [0.2, 0.25) is 0 Å². The Balaban J connectivity index is 1.64. The molecule has 214 valence electrons. The zero-order valence-corrected chi connectivity index (χ0v) is 24.3. The van der Waals surface area contributed by atoms with Gasteiger partial charge in [-0.25, -0.2) is 14.6 Å². The zero-order chi connectivity index (χ0) is 29.8. The van der Waals surface area contributed by atoms with E-state index in [1.807, 2.05) is 36.4 Å². The van der Waals surface area contributed by atoms with Gasteiger partial charge in [0.15, 0.2) is 16.3 Å². The van der Waals surface area contributed by atoms with Crippen molar-refractivity contribution in [2.24, 2.45) is 4.99 Å². The van der Waals surface area contributed by atoms with Crippen LogP contribution in [0.15, 0.2) is 93.9 Å². The predicted octanol–water partition coefficient (Wildman–Crippen LogP) is 3.78. The van der Waals surface area contributed by atoms with Gasteiger partial charge in [0.1, 0.15) is 6.61 Å². The molecule has 0 saturated heterocycles. The maximum Gasteiger partial charge on any atom is 0.338 e. The van der Waals surface area contributed by atoms with E-state index >= 15 is 0 Å². The van der Waals surface area contributed by atoms with E-state index in [0.29, 0.717) is 43.2 Å². The van der Waals surface area contributed by atoms with Gasteiger partial charge in [0.2, 0.25) is 0 Å². The summed E-state index contributed by atoms with van der Waals surface area (Å²) in [6.45, 7) is 1.78. The molecule has 5 rings (SSSR count). The lowest BCUT2D eigenvalue weighted by Crippen LogP contribution is -2.39. The Bertz CT molecular complexity index is 1860. The Morgan fingerprint density at radius 3 is 2.33 bits per heavy atom. The maximum absolute atomic E-state index is 14.0. The number of ether oxygens (including phenoxy) is 4. The number of hydrogen-bond acceptors (Lipinski definition) is 9. The topological polar surface area (TPSA) is 105 Å². The molecule has 1 aliphatic rings. The lowest BCUT2D eigenvalue weighted by atomic mass is 9.95. The molecule has 3 aromatic carbocycles. The summed E-state index contributed by atoms with van der Waals surface area (Å²) >= 11 is 1.20. The number of nitrogens with zero attached hydrogens (tertiary/aromatic N) is 2. The third-order valence-electron chi connectivity index (χ3n) is 6.82. The van der Waals surface area contributed by atoms with Crippen molar-refractivity contribution < 1.29 is 28.5 Å². The summed E-state index contributed by atoms with van der Waals surface area (Å²) in [6.07, 6.45) is 1.72. The van der Waals surface area contributed by atoms with Gasteiger partial charge >= 0.3 is 11.9 Å². The number of thiazole rings is 1. The molecule has 0 amide bonds. The van der Waals surface area contributed by atoms with Crippen molar-refractivity contribution in [3.63, 3.8) is 0 Å². The highest BCUT2D eigenvalue weighted by atomic mass is 32.1. The number of hydrogen-bond donors (Lipinski definition) is 0. The van der Waals surface area contributed by atoms with E-state index in [1.165, 1.54) is 30.1 Å². The fourth-order valence-corrected chi connectivity index (χ4v) is 5.82. The largest absolute Gasteiger partial charge is 0.493 e. The predicted molar refractivity (Wildman–Crippen MR) is 157 cm³/mol. The monoisotopic (exact) mass is 584 g/mol. The molecule has 2 heterocycles. The molecular weight excluding hydrogens is 556 g/mol. The molecule has 10 heteroatoms. The SMILES string of the molecule is COC(=O)c1ccc(C2C(C(=O)OCc3ccccc3)=C(C)N=c3sc(=Cc4cccc(OC)c4OC)c(=O)n32)cc1. The minimum Gasteiger partial charge on any atom is -0.493 e. The third-order valence-corrected chi connectivity index (χ3v) is 7.80. The first-order chi connectivity index (χ1) is 20.4. The first-order valence-electron chi connectivity index (χ1n) is 13.0. The number of rotatable bonds is 8. The molecule has 1 aliphatic heterocycles. The van der Waals surface area contributed by atoms with Gasteiger partial charge in [-0.2, -0.15) is 0 Å². The summed E-state index contributed by atoms with van der Waals surface area (Å²) in [5.74, 6) is -0.0677. The van der Waals surface area contributed by atoms with Crippen LogP contribution in [0.1, 0.15) is 40.0 Å². The number of carbonyl (C=O) groups excluding carboxylic acids is 2. The van der Waals surface area contributed by atoms with Crippen LogP contribution in [0, 0.1) is 0 Å². The molecule has 0 aliphatic carbocycles. The molecule has 0 radical (unpaired) electrons. The Hall–Kier alpha value is -4.96. The number of fused-ring (bicyclic) bond motifs is 1. The van der Waals surface area contributed by atoms with Crippen LogP contribution >= 0.6 is 11.3 Å². The van der Waals surface area contributed by atoms with Crippen molar-refractivity contribution >= 4 is 29.4 Å². The smallest absolute Gasteiger partial charge is 0.338 e. The summed E-state index contributed by atoms with van der Waals surface area (Å²) in [5, 5.41) is 0. The van der Waals surface area contributed by atoms with Crippen LogP contribution in [0.5, 0.6) is 11.5 Å². The van der Waals surface area contributed by atoms with E-state index in [-0.39, 0.29) is 17.7 Å². The fourth-order valence-electron chi connectivity index (χ4n) is 4.79. The van der Waals surface area contributed by atoms with E-state index < -0.39 is 18.0 Å². The molecule has 1 atom stereocenters. The number of aromatic nitrogens is 1. The number of esters is 2. The molecular formula is C32H28N2O7S. The fraction of sp³-hybridized carbons (Fsp3) is 0.188. The van der Waals surface area contributed by atoms with Crippen molar-refractivity contribution in [1.82, 2.24) is 4.57 Å². The molecule has 9 nitrogen and oxygen atoms in total. The minimum absolute atomic E-state index is 0.0600. The number of para-hydroxylation sites is 1. The maximum atomic E-state index is 14.0. The molecule has 0 fully saturated rings. The summed E-state index contributed by atoms with van der Waals surface area (Å²) in [7, 11) is 4.38. The van der Waals surface area contributed by atoms with Crippen molar-refractivity contribution in [2.45, 2.75) is 19.6 Å². The highest BCUT2D eigenvalue weighted by Crippen LogP contribution is 2.32. The number of carbonyl (C=O) groups is 2. The quantitative estimate of drug-likeness (QED) is 0.290. The van der Waals surface area contributed by atoms with Crippen molar-refractivity contribution in [1.29, 1.82) is 0 Å². The van der Waals surface area contributed by atoms with Gasteiger partial charge in [0.05, 0.1) is 48.7 Å². The van der Waals surface area contributed by atoms with Crippen LogP contribution in [0.3, 0.4) is 0 Å². The van der Waals surface area contributed by atoms with Gasteiger partial charge < -0.3 is 18.9 Å². The molecule has 0 spiro atoms. The van der Waals surface area contributed by atoms with Gasteiger partial charge in [-0.15, -0.1) is 0 Å². The Morgan fingerprint density at radius 2 is 1.67 bits per heavy atom. The van der Waals surface area contributed by atoms with E-state index in [1.54, 1.807) is 56.5 Å². The highest BCUT2D eigenvalue weighted by Gasteiger charge is 2.33. The van der Waals surface area contributed by atoms with E-state index in [9.17, 15) is 14.4 Å². The van der Waals surface area contributed by atoms with Crippen molar-refractivity contribution in [3.05, 3.63) is 126 Å². The minimum atomic E-state index is -0.842. The van der Waals surface area contributed by atoms with Crippen LogP contribution in [0.4, 0.5) is 0 Å². The van der Waals surface area contributed by atoms with Gasteiger partial charge in [-0.3, -0.25) is 9.36 Å². The molecule has 1 unspecified atom stereocenters. The van der Waals surface area contributed by atoms with Crippen LogP contribution in [0.25, 0.3) is 6.08 Å². The molecule has 4 aromatic rings. The number of benzene rings is 3. The Morgan fingerprint density at radius 1 is 0.929 bits per heavy atom. The van der Waals surface area contributed by atoms with E-state index in [0.717, 1.165) is 5.56 Å². The van der Waals surface area contributed by atoms with Gasteiger partial charge in [0.25, 0.3) is 5.56 Å². The Kier molecular flexibility index (Phi) is 8.35. The normalized spacial score (nSPS) is 14.6. The Labute approximate surface area is 245 Å². The molecule has 0 saturated carbocycles. The van der Waals surface area contributed by atoms with E-state index in [4.69, 9.17) is 18.9 Å². The molecule has 1 aromatic heterocycles. The van der Waals surface area contributed by atoms with Crippen molar-refractivity contribution in [3.8, 4) is 11.5 Å². The average molecular weight is 585 g/mol. The van der Waals surface area contributed by atoms with Crippen LogP contribution in [-0.2, 0) is 20.9 Å². The number of allylic oxidation sites excluding steroid dienone is 1. The molecule has 42 heavy (non-hydrogen) atoms. The molecule has 0 bridgehead atoms. The van der Waals surface area contributed by atoms with Crippen LogP contribution in [-0.4, -0.2) is 37.8 Å². The summed E-state index contributed by atoms with van der Waals surface area (Å²) in [6, 6.07) is 20.5. The van der Waals surface area contributed by atoms with Crippen molar-refractivity contribution in [2.75, 3.05) is 21.3 Å². The zero-order valence-electron chi connectivity index (χ0n) is 23.5. The second-order valence-corrected chi connectivity index (χ2v) is 10.3. The standard InChI is InChI=1S/C32H28N2O7S/c1-19-26(31(37)41-18-20-9-6-5-7-10-20)27(21-13-15-22(16-14-21)30(36)40-4)34-29(35)25(42-32(34)33-19)17-23-11-8-12-24(38-2)28(23)39-3/h5-17,27H,18H2,1-4H3. The van der Waals surface area contributed by atoms with E-state index in [2.05, 4.69) is 4.99 Å². The second kappa shape index (κ2) is 12.3. The van der Waals surface area contributed by atoms with Crippen LogP contribution < -0.4 is 24.4 Å². The third kappa shape index (κ3) is 5.48. The lowest BCUT2D eigenvalue weighted by Gasteiger charge is -2.25. The summed E-state index contributed by atoms with van der Waals surface area (Å²) in [4.78, 5) is 44.7. The molecule has 0 N–H and O–H groups in total. The van der Waals surface area contributed by atoms with Gasteiger partial charge in [-0.1, -0.05) is 65.9 Å². The first kappa shape index (κ1) is 28.6. The summed E-state index contributed by atoms with van der Waals surface area (Å²) in [5.41, 5.74) is 2.75. The average Bonchev–Trinajstić information content (AvgIpc) is 3.32. The summed E-state index contributed by atoms with van der Waals surface area (Å²) < 4.78 is 23.4. The van der Waals surface area contributed by atoms with Gasteiger partial charge in [-0.05, 0) is 42.3 Å². The first-order valence-corrected chi connectivity index (χ1v) is 13.8. The van der Waals surface area contributed by atoms with Gasteiger partial charge in [0, 0.05) is 5.56 Å². The number of methoxy groups -OCH3 is 3.